The molecule has 2 aromatic rings. The van der Waals surface area contributed by atoms with Gasteiger partial charge in [-0.3, -0.25) is 9.59 Å². The standard InChI is InChI=1S/C21H22N2O2/c1-14(2)17-9-7-8-16(12-17)13-19(24)20-15(3)22-23(21(20)25)18-10-5-4-6-11-18/h4-12,14,20H,13H2,1-3H3. The van der Waals surface area contributed by atoms with Crippen LogP contribution in [0.4, 0.5) is 5.69 Å². The van der Waals surface area contributed by atoms with Crippen molar-refractivity contribution in [2.75, 3.05) is 5.01 Å². The largest absolute Gasteiger partial charge is 0.298 e. The molecule has 3 rings (SSSR count). The molecule has 4 heteroatoms. The minimum atomic E-state index is -0.789. The van der Waals surface area contributed by atoms with Gasteiger partial charge in [-0.2, -0.15) is 10.1 Å². The minimum Gasteiger partial charge on any atom is -0.298 e. The molecule has 1 amide bonds. The number of ketones is 1. The Balaban J connectivity index is 1.78. The zero-order chi connectivity index (χ0) is 18.0. The molecule has 0 radical (unpaired) electrons. The Morgan fingerprint density at radius 3 is 2.52 bits per heavy atom. The molecule has 0 aliphatic carbocycles. The number of para-hydroxylation sites is 1. The van der Waals surface area contributed by atoms with Gasteiger partial charge in [-0.1, -0.05) is 56.3 Å². The highest BCUT2D eigenvalue weighted by Crippen LogP contribution is 2.25. The van der Waals surface area contributed by atoms with Crippen molar-refractivity contribution in [3.63, 3.8) is 0 Å². The summed E-state index contributed by atoms with van der Waals surface area (Å²) >= 11 is 0. The average molecular weight is 334 g/mol. The van der Waals surface area contributed by atoms with Crippen LogP contribution in [0.3, 0.4) is 0 Å². The van der Waals surface area contributed by atoms with Crippen LogP contribution in [0.25, 0.3) is 0 Å². The number of amides is 1. The highest BCUT2D eigenvalue weighted by Gasteiger charge is 2.39. The number of carbonyl (C=O) groups excluding carboxylic acids is 2. The number of carbonyl (C=O) groups is 2. The molecule has 1 atom stereocenters. The fraction of sp³-hybridized carbons (Fsp3) is 0.286. The van der Waals surface area contributed by atoms with E-state index in [0.29, 0.717) is 17.3 Å². The van der Waals surface area contributed by atoms with Crippen LogP contribution in [-0.2, 0) is 16.0 Å². The van der Waals surface area contributed by atoms with Crippen LogP contribution >= 0.6 is 0 Å². The van der Waals surface area contributed by atoms with Crippen LogP contribution in [0.1, 0.15) is 37.8 Å². The summed E-state index contributed by atoms with van der Waals surface area (Å²) in [7, 11) is 0. The molecule has 1 unspecified atom stereocenters. The summed E-state index contributed by atoms with van der Waals surface area (Å²) in [6, 6.07) is 17.2. The van der Waals surface area contributed by atoms with E-state index in [-0.39, 0.29) is 18.1 Å². The lowest BCUT2D eigenvalue weighted by molar-refractivity contribution is -0.128. The molecule has 0 aromatic heterocycles. The van der Waals surface area contributed by atoms with E-state index in [1.165, 1.54) is 10.6 Å². The Morgan fingerprint density at radius 2 is 1.84 bits per heavy atom. The summed E-state index contributed by atoms with van der Waals surface area (Å²) in [4.78, 5) is 25.5. The molecule has 0 saturated heterocycles. The van der Waals surface area contributed by atoms with Crippen molar-refractivity contribution in [1.82, 2.24) is 0 Å². The fourth-order valence-electron chi connectivity index (χ4n) is 3.06. The SMILES string of the molecule is CC1=NN(c2ccccc2)C(=O)C1C(=O)Cc1cccc(C(C)C)c1. The summed E-state index contributed by atoms with van der Waals surface area (Å²) in [5.41, 5.74) is 3.37. The molecule has 0 spiro atoms. The normalized spacial score (nSPS) is 17.1. The lowest BCUT2D eigenvalue weighted by Gasteiger charge is -2.14. The van der Waals surface area contributed by atoms with E-state index in [9.17, 15) is 9.59 Å². The zero-order valence-corrected chi connectivity index (χ0v) is 14.8. The highest BCUT2D eigenvalue weighted by atomic mass is 16.2. The van der Waals surface area contributed by atoms with E-state index in [0.717, 1.165) is 5.56 Å². The molecule has 0 saturated carbocycles. The third kappa shape index (κ3) is 3.53. The van der Waals surface area contributed by atoms with Crippen LogP contribution in [0, 0.1) is 5.92 Å². The maximum Gasteiger partial charge on any atom is 0.263 e. The predicted molar refractivity (Wildman–Crippen MR) is 99.8 cm³/mol. The molecule has 1 heterocycles. The van der Waals surface area contributed by atoms with Gasteiger partial charge < -0.3 is 0 Å². The molecule has 1 aliphatic rings. The van der Waals surface area contributed by atoms with Gasteiger partial charge in [-0.05, 0) is 36.1 Å². The van der Waals surface area contributed by atoms with Crippen molar-refractivity contribution >= 4 is 23.1 Å². The van der Waals surface area contributed by atoms with Crippen molar-refractivity contribution in [1.29, 1.82) is 0 Å². The number of benzene rings is 2. The summed E-state index contributed by atoms with van der Waals surface area (Å²) in [6.07, 6.45) is 0.243. The number of rotatable bonds is 5. The molecule has 2 aromatic carbocycles. The van der Waals surface area contributed by atoms with Gasteiger partial charge in [0.2, 0.25) is 0 Å². The third-order valence-electron chi connectivity index (χ3n) is 4.45. The maximum atomic E-state index is 12.8. The summed E-state index contributed by atoms with van der Waals surface area (Å²) < 4.78 is 0. The summed E-state index contributed by atoms with van der Waals surface area (Å²) in [6.45, 7) is 5.99. The number of hydrogen-bond acceptors (Lipinski definition) is 3. The quantitative estimate of drug-likeness (QED) is 0.777. The third-order valence-corrected chi connectivity index (χ3v) is 4.45. The van der Waals surface area contributed by atoms with Gasteiger partial charge in [0.25, 0.3) is 5.91 Å². The van der Waals surface area contributed by atoms with Crippen LogP contribution in [-0.4, -0.2) is 17.4 Å². The molecule has 128 valence electrons. The number of hydrazone groups is 1. The smallest absolute Gasteiger partial charge is 0.263 e. The second-order valence-corrected chi connectivity index (χ2v) is 6.70. The lowest BCUT2D eigenvalue weighted by Crippen LogP contribution is -2.33. The fourth-order valence-corrected chi connectivity index (χ4v) is 3.06. The van der Waals surface area contributed by atoms with Crippen molar-refractivity contribution in [3.8, 4) is 0 Å². The van der Waals surface area contributed by atoms with Crippen LogP contribution in [0.5, 0.6) is 0 Å². The Kier molecular flexibility index (Phi) is 4.79. The van der Waals surface area contributed by atoms with E-state index < -0.39 is 5.92 Å². The number of anilines is 1. The van der Waals surface area contributed by atoms with E-state index in [2.05, 4.69) is 25.0 Å². The van der Waals surface area contributed by atoms with Gasteiger partial charge in [0, 0.05) is 6.42 Å². The van der Waals surface area contributed by atoms with Gasteiger partial charge in [0.1, 0.15) is 5.92 Å². The Hall–Kier alpha value is -2.75. The lowest BCUT2D eigenvalue weighted by atomic mass is 9.92. The Bertz CT molecular complexity index is 825. The Labute approximate surface area is 148 Å². The van der Waals surface area contributed by atoms with Gasteiger partial charge >= 0.3 is 0 Å². The van der Waals surface area contributed by atoms with Crippen molar-refractivity contribution in [2.24, 2.45) is 11.0 Å². The second kappa shape index (κ2) is 7.01. The van der Waals surface area contributed by atoms with E-state index in [1.807, 2.05) is 48.5 Å². The van der Waals surface area contributed by atoms with Crippen LogP contribution in [0.2, 0.25) is 0 Å². The average Bonchev–Trinajstić information content (AvgIpc) is 2.90. The first-order valence-corrected chi connectivity index (χ1v) is 8.53. The van der Waals surface area contributed by atoms with E-state index in [1.54, 1.807) is 6.92 Å². The number of Topliss-reactive ketones (excluding diaryl/α,β-unsaturated/α-hetero) is 1. The molecule has 4 nitrogen and oxygen atoms in total. The molecule has 0 fully saturated rings. The Morgan fingerprint density at radius 1 is 1.12 bits per heavy atom. The summed E-state index contributed by atoms with van der Waals surface area (Å²) in [5, 5.41) is 5.65. The predicted octanol–water partition coefficient (Wildman–Crippen LogP) is 3.96. The number of hydrogen-bond donors (Lipinski definition) is 0. The number of nitrogens with zero attached hydrogens (tertiary/aromatic N) is 2. The molecule has 1 aliphatic heterocycles. The van der Waals surface area contributed by atoms with Crippen LogP contribution in [0.15, 0.2) is 59.7 Å². The van der Waals surface area contributed by atoms with Gasteiger partial charge in [-0.15, -0.1) is 0 Å². The van der Waals surface area contributed by atoms with Crippen molar-refractivity contribution in [2.45, 2.75) is 33.1 Å². The topological polar surface area (TPSA) is 49.7 Å². The summed E-state index contributed by atoms with van der Waals surface area (Å²) in [5.74, 6) is -0.762. The van der Waals surface area contributed by atoms with E-state index >= 15 is 0 Å². The molecular weight excluding hydrogens is 312 g/mol. The van der Waals surface area contributed by atoms with Gasteiger partial charge in [0.05, 0.1) is 11.4 Å². The van der Waals surface area contributed by atoms with Crippen molar-refractivity contribution in [3.05, 3.63) is 65.7 Å². The molecule has 25 heavy (non-hydrogen) atoms. The first kappa shape index (κ1) is 17.1. The maximum absolute atomic E-state index is 12.8. The van der Waals surface area contributed by atoms with Gasteiger partial charge in [-0.25, -0.2) is 0 Å². The monoisotopic (exact) mass is 334 g/mol. The van der Waals surface area contributed by atoms with Gasteiger partial charge in [0.15, 0.2) is 5.78 Å². The second-order valence-electron chi connectivity index (χ2n) is 6.70. The van der Waals surface area contributed by atoms with Crippen molar-refractivity contribution < 1.29 is 9.59 Å². The zero-order valence-electron chi connectivity index (χ0n) is 14.8. The van der Waals surface area contributed by atoms with E-state index in [4.69, 9.17) is 0 Å². The minimum absolute atomic E-state index is 0.106. The molecular formula is C21H22N2O2. The first-order valence-electron chi connectivity index (χ1n) is 8.53. The molecule has 0 N–H and O–H groups in total. The molecule has 0 bridgehead atoms. The van der Waals surface area contributed by atoms with Crippen LogP contribution < -0.4 is 5.01 Å². The first-order chi connectivity index (χ1) is 12.0. The highest BCUT2D eigenvalue weighted by molar-refractivity contribution is 6.27.